The van der Waals surface area contributed by atoms with E-state index in [1.165, 1.54) is 5.57 Å². The first-order chi connectivity index (χ1) is 5.52. The van der Waals surface area contributed by atoms with E-state index >= 15 is 0 Å². The van der Waals surface area contributed by atoms with Gasteiger partial charge in [0.25, 0.3) is 0 Å². The summed E-state index contributed by atoms with van der Waals surface area (Å²) in [6, 6.07) is 0. The summed E-state index contributed by atoms with van der Waals surface area (Å²) in [4.78, 5) is 0. The second kappa shape index (κ2) is 6.40. The number of halogens is 2. The van der Waals surface area contributed by atoms with Crippen LogP contribution in [0.4, 0.5) is 0 Å². The summed E-state index contributed by atoms with van der Waals surface area (Å²) in [5.41, 5.74) is 1.74. The Kier molecular flexibility index (Phi) is 6.91. The zero-order valence-corrected chi connectivity index (χ0v) is 11.5. The molecule has 1 rings (SSSR count). The molecule has 0 saturated carbocycles. The predicted octanol–water partition coefficient (Wildman–Crippen LogP) is 4.11. The van der Waals surface area contributed by atoms with E-state index in [0.717, 1.165) is 0 Å². The summed E-state index contributed by atoms with van der Waals surface area (Å²) in [7, 11) is 9.87. The van der Waals surface area contributed by atoms with Crippen LogP contribution in [0.5, 0.6) is 0 Å². The third-order valence-electron chi connectivity index (χ3n) is 1.53. The molecular formula is C9H13Cl2Zr. The van der Waals surface area contributed by atoms with E-state index in [2.05, 4.69) is 45.4 Å². The van der Waals surface area contributed by atoms with Crippen molar-refractivity contribution in [1.29, 1.82) is 0 Å². The van der Waals surface area contributed by atoms with Crippen LogP contribution in [0.3, 0.4) is 0 Å². The van der Waals surface area contributed by atoms with E-state index in [4.69, 9.17) is 17.0 Å². The van der Waals surface area contributed by atoms with Gasteiger partial charge in [-0.05, 0) is 11.0 Å². The molecule has 0 aliphatic heterocycles. The van der Waals surface area contributed by atoms with Gasteiger partial charge in [-0.15, -0.1) is 0 Å². The average molecular weight is 283 g/mol. The van der Waals surface area contributed by atoms with Crippen molar-refractivity contribution >= 4 is 17.0 Å². The number of allylic oxidation sites excluding steroid dienone is 4. The molecule has 0 aromatic heterocycles. The number of hydrogen-bond acceptors (Lipinski definition) is 0. The molecule has 12 heavy (non-hydrogen) atoms. The summed E-state index contributed by atoms with van der Waals surface area (Å²) < 4.78 is 0. The summed E-state index contributed by atoms with van der Waals surface area (Å²) in [5.74, 6) is 0. The SMILES string of the molecule is CC(C)(C)C1=C[CH]C=C1.[Cl][Zr][Cl]. The molecule has 0 unspecified atom stereocenters. The van der Waals surface area contributed by atoms with Gasteiger partial charge in [-0.3, -0.25) is 0 Å². The Morgan fingerprint density at radius 3 is 1.92 bits per heavy atom. The Bertz CT molecular complexity index is 177. The van der Waals surface area contributed by atoms with Gasteiger partial charge in [0.2, 0.25) is 0 Å². The summed E-state index contributed by atoms with van der Waals surface area (Å²) >= 11 is -0.826. The second-order valence-electron chi connectivity index (χ2n) is 3.50. The fourth-order valence-corrected chi connectivity index (χ4v) is 0.874. The van der Waals surface area contributed by atoms with Gasteiger partial charge in [0.15, 0.2) is 0 Å². The van der Waals surface area contributed by atoms with Crippen LogP contribution in [0.1, 0.15) is 20.8 Å². The Hall–Kier alpha value is 0.943. The maximum absolute atomic E-state index is 4.93. The van der Waals surface area contributed by atoms with Crippen LogP contribution in [0.15, 0.2) is 23.8 Å². The van der Waals surface area contributed by atoms with E-state index in [1.54, 1.807) is 0 Å². The first-order valence-electron chi connectivity index (χ1n) is 3.71. The zero-order valence-electron chi connectivity index (χ0n) is 7.57. The van der Waals surface area contributed by atoms with Gasteiger partial charge >= 0.3 is 37.9 Å². The van der Waals surface area contributed by atoms with Crippen molar-refractivity contribution < 1.29 is 20.8 Å². The Morgan fingerprint density at radius 1 is 1.25 bits per heavy atom. The van der Waals surface area contributed by atoms with E-state index in [-0.39, 0.29) is 0 Å². The molecule has 1 aliphatic rings. The predicted molar refractivity (Wildman–Crippen MR) is 52.7 cm³/mol. The van der Waals surface area contributed by atoms with Gasteiger partial charge in [0.05, 0.1) is 0 Å². The second-order valence-corrected chi connectivity index (χ2v) is 7.23. The van der Waals surface area contributed by atoms with Gasteiger partial charge in [-0.2, -0.15) is 0 Å². The van der Waals surface area contributed by atoms with E-state index < -0.39 is 20.8 Å². The molecule has 0 heterocycles. The molecule has 1 aliphatic carbocycles. The molecule has 0 amide bonds. The van der Waals surface area contributed by atoms with Crippen LogP contribution in [0.25, 0.3) is 0 Å². The Morgan fingerprint density at radius 2 is 1.75 bits per heavy atom. The summed E-state index contributed by atoms with van der Waals surface area (Å²) in [5, 5.41) is 0. The summed E-state index contributed by atoms with van der Waals surface area (Å²) in [6.45, 7) is 6.67. The standard InChI is InChI=1S/C9H13.2ClH.Zr/c1-9(2,3)8-6-4-5-7-8;;;/h4-7H,1-3H3;2*1H;/q;;;+2/p-2. The van der Waals surface area contributed by atoms with Crippen LogP contribution in [0.2, 0.25) is 0 Å². The quantitative estimate of drug-likeness (QED) is 0.627. The van der Waals surface area contributed by atoms with Crippen LogP contribution in [-0.2, 0) is 20.8 Å². The van der Waals surface area contributed by atoms with Gasteiger partial charge in [0, 0.05) is 6.42 Å². The molecule has 0 saturated heterocycles. The van der Waals surface area contributed by atoms with Crippen LogP contribution >= 0.6 is 17.0 Å². The van der Waals surface area contributed by atoms with Gasteiger partial charge in [-0.1, -0.05) is 39.0 Å². The van der Waals surface area contributed by atoms with Crippen molar-refractivity contribution in [3.63, 3.8) is 0 Å². The Balaban J connectivity index is 0.000000354. The molecule has 0 aromatic carbocycles. The zero-order chi connectivity index (χ0) is 9.61. The van der Waals surface area contributed by atoms with Crippen LogP contribution in [-0.4, -0.2) is 0 Å². The minimum atomic E-state index is -0.826. The number of hydrogen-bond donors (Lipinski definition) is 0. The molecule has 1 radical (unpaired) electrons. The molecular weight excluding hydrogens is 270 g/mol. The van der Waals surface area contributed by atoms with Crippen molar-refractivity contribution in [3.05, 3.63) is 30.2 Å². The molecule has 0 N–H and O–H groups in total. The van der Waals surface area contributed by atoms with Crippen molar-refractivity contribution in [2.24, 2.45) is 5.41 Å². The van der Waals surface area contributed by atoms with E-state index in [9.17, 15) is 0 Å². The topological polar surface area (TPSA) is 0 Å². The fraction of sp³-hybridized carbons (Fsp3) is 0.444. The van der Waals surface area contributed by atoms with Crippen LogP contribution < -0.4 is 0 Å². The van der Waals surface area contributed by atoms with Crippen LogP contribution in [0, 0.1) is 11.8 Å². The summed E-state index contributed by atoms with van der Waals surface area (Å²) in [6.07, 6.45) is 8.50. The first-order valence-corrected chi connectivity index (χ1v) is 10.0. The van der Waals surface area contributed by atoms with Gasteiger partial charge < -0.3 is 0 Å². The molecule has 0 aromatic rings. The van der Waals surface area contributed by atoms with Crippen molar-refractivity contribution in [1.82, 2.24) is 0 Å². The average Bonchev–Trinajstić information content (AvgIpc) is 2.36. The first kappa shape index (κ1) is 12.9. The maximum atomic E-state index is 4.93. The molecule has 67 valence electrons. The Labute approximate surface area is 93.7 Å². The minimum absolute atomic E-state index is 0.323. The third kappa shape index (κ3) is 5.57. The molecule has 0 fully saturated rings. The molecule has 0 spiro atoms. The third-order valence-corrected chi connectivity index (χ3v) is 1.53. The van der Waals surface area contributed by atoms with Gasteiger partial charge in [-0.25, -0.2) is 0 Å². The van der Waals surface area contributed by atoms with Crippen molar-refractivity contribution in [2.45, 2.75) is 20.8 Å². The van der Waals surface area contributed by atoms with E-state index in [1.807, 2.05) is 0 Å². The fourth-order valence-electron chi connectivity index (χ4n) is 0.874. The van der Waals surface area contributed by atoms with Gasteiger partial charge in [0.1, 0.15) is 0 Å². The van der Waals surface area contributed by atoms with Crippen molar-refractivity contribution in [3.8, 4) is 0 Å². The molecule has 3 heteroatoms. The molecule has 0 nitrogen and oxygen atoms in total. The molecule has 0 bridgehead atoms. The van der Waals surface area contributed by atoms with Crippen molar-refractivity contribution in [2.75, 3.05) is 0 Å². The molecule has 0 atom stereocenters. The normalized spacial score (nSPS) is 14.9. The number of rotatable bonds is 0. The van der Waals surface area contributed by atoms with E-state index in [0.29, 0.717) is 5.41 Å². The monoisotopic (exact) mass is 281 g/mol.